The monoisotopic (exact) mass is 256 g/mol. The summed E-state index contributed by atoms with van der Waals surface area (Å²) in [5, 5.41) is 10.6. The Balaban J connectivity index is 3.06. The Kier molecular flexibility index (Phi) is 4.80. The van der Waals surface area contributed by atoms with E-state index in [1.54, 1.807) is 13.8 Å². The maximum Gasteiger partial charge on any atom is 0.0765 e. The average Bonchev–Trinajstić information content (AvgIpc) is 2.24. The Morgan fingerprint density at radius 3 is 2.53 bits per heavy atom. The van der Waals surface area contributed by atoms with Crippen molar-refractivity contribution in [1.29, 1.82) is 0 Å². The van der Waals surface area contributed by atoms with Crippen molar-refractivity contribution >= 4 is 17.3 Å². The van der Waals surface area contributed by atoms with Crippen LogP contribution in [0.2, 0.25) is 5.02 Å². The molecule has 0 saturated carbocycles. The van der Waals surface area contributed by atoms with Gasteiger partial charge in [0.05, 0.1) is 5.60 Å². The normalized spacial score (nSPS) is 11.6. The topological polar surface area (TPSA) is 49.5 Å². The highest BCUT2D eigenvalue weighted by molar-refractivity contribution is 6.30. The summed E-state index contributed by atoms with van der Waals surface area (Å²) >= 11 is 6.02. The van der Waals surface area contributed by atoms with Crippen molar-refractivity contribution < 1.29 is 5.11 Å². The third kappa shape index (κ3) is 4.19. The van der Waals surface area contributed by atoms with E-state index in [4.69, 9.17) is 17.3 Å². The molecule has 0 bridgehead atoms. The molecule has 0 aliphatic carbocycles. The van der Waals surface area contributed by atoms with Crippen LogP contribution in [0.15, 0.2) is 18.2 Å². The van der Waals surface area contributed by atoms with E-state index in [-0.39, 0.29) is 0 Å². The molecule has 0 spiro atoms. The zero-order chi connectivity index (χ0) is 13.1. The van der Waals surface area contributed by atoms with Crippen LogP contribution in [-0.2, 0) is 6.54 Å². The molecule has 0 unspecified atom stereocenters. The SMILES string of the molecule is CCN(CC(C)(C)O)c1cc(Cl)ccc1CN. The number of benzene rings is 1. The van der Waals surface area contributed by atoms with Gasteiger partial charge in [-0.2, -0.15) is 0 Å². The van der Waals surface area contributed by atoms with Crippen molar-refractivity contribution in [3.8, 4) is 0 Å². The average molecular weight is 257 g/mol. The van der Waals surface area contributed by atoms with Crippen LogP contribution < -0.4 is 10.6 Å². The lowest BCUT2D eigenvalue weighted by molar-refractivity contribution is 0.0875. The second-order valence-corrected chi connectivity index (χ2v) is 5.24. The molecule has 0 fully saturated rings. The van der Waals surface area contributed by atoms with Crippen molar-refractivity contribution in [2.75, 3.05) is 18.0 Å². The van der Waals surface area contributed by atoms with Gasteiger partial charge in [-0.05, 0) is 38.5 Å². The summed E-state index contributed by atoms with van der Waals surface area (Å²) in [6, 6.07) is 5.68. The van der Waals surface area contributed by atoms with Gasteiger partial charge in [0.1, 0.15) is 0 Å². The summed E-state index contributed by atoms with van der Waals surface area (Å²) in [5.74, 6) is 0. The van der Waals surface area contributed by atoms with Gasteiger partial charge in [0.15, 0.2) is 0 Å². The first-order valence-corrected chi connectivity index (χ1v) is 6.21. The summed E-state index contributed by atoms with van der Waals surface area (Å²) in [6.07, 6.45) is 0. The van der Waals surface area contributed by atoms with E-state index >= 15 is 0 Å². The molecule has 0 saturated heterocycles. The first kappa shape index (κ1) is 14.3. The lowest BCUT2D eigenvalue weighted by Gasteiger charge is -2.31. The fourth-order valence-corrected chi connectivity index (χ4v) is 2.00. The molecule has 0 heterocycles. The Morgan fingerprint density at radius 1 is 1.41 bits per heavy atom. The van der Waals surface area contributed by atoms with Gasteiger partial charge in [-0.15, -0.1) is 0 Å². The minimum Gasteiger partial charge on any atom is -0.389 e. The number of halogens is 1. The van der Waals surface area contributed by atoms with E-state index in [9.17, 15) is 5.11 Å². The molecular weight excluding hydrogens is 236 g/mol. The third-order valence-electron chi connectivity index (χ3n) is 2.57. The summed E-state index contributed by atoms with van der Waals surface area (Å²) in [6.45, 7) is 7.46. The second-order valence-electron chi connectivity index (χ2n) is 4.80. The molecule has 0 aromatic heterocycles. The van der Waals surface area contributed by atoms with Crippen LogP contribution in [0.5, 0.6) is 0 Å². The van der Waals surface area contributed by atoms with Gasteiger partial charge in [0.25, 0.3) is 0 Å². The fraction of sp³-hybridized carbons (Fsp3) is 0.538. The minimum absolute atomic E-state index is 0.467. The first-order chi connectivity index (χ1) is 7.87. The lowest BCUT2D eigenvalue weighted by atomic mass is 10.1. The van der Waals surface area contributed by atoms with Crippen LogP contribution in [0.4, 0.5) is 5.69 Å². The molecule has 0 radical (unpaired) electrons. The zero-order valence-electron chi connectivity index (χ0n) is 10.7. The van der Waals surface area contributed by atoms with Gasteiger partial charge < -0.3 is 15.7 Å². The minimum atomic E-state index is -0.746. The molecule has 0 aliphatic heterocycles. The van der Waals surface area contributed by atoms with Crippen molar-refractivity contribution in [3.63, 3.8) is 0 Å². The number of hydrogen-bond donors (Lipinski definition) is 2. The number of aliphatic hydroxyl groups is 1. The Bertz CT molecular complexity index is 374. The molecule has 0 amide bonds. The second kappa shape index (κ2) is 5.71. The fourth-order valence-electron chi connectivity index (χ4n) is 1.84. The van der Waals surface area contributed by atoms with E-state index in [2.05, 4.69) is 4.90 Å². The largest absolute Gasteiger partial charge is 0.389 e. The maximum atomic E-state index is 9.91. The number of rotatable bonds is 5. The van der Waals surface area contributed by atoms with Crippen LogP contribution in [-0.4, -0.2) is 23.8 Å². The van der Waals surface area contributed by atoms with Crippen LogP contribution >= 0.6 is 11.6 Å². The van der Waals surface area contributed by atoms with Gasteiger partial charge in [0.2, 0.25) is 0 Å². The Labute approximate surface area is 108 Å². The van der Waals surface area contributed by atoms with Gasteiger partial charge in [0, 0.05) is 30.3 Å². The van der Waals surface area contributed by atoms with Crippen molar-refractivity contribution in [1.82, 2.24) is 0 Å². The van der Waals surface area contributed by atoms with E-state index in [1.165, 1.54) is 0 Å². The van der Waals surface area contributed by atoms with Crippen LogP contribution in [0, 0.1) is 0 Å². The highest BCUT2D eigenvalue weighted by atomic mass is 35.5. The van der Waals surface area contributed by atoms with Crippen molar-refractivity contribution in [2.45, 2.75) is 32.9 Å². The number of anilines is 1. The number of nitrogens with two attached hydrogens (primary N) is 1. The Morgan fingerprint density at radius 2 is 2.06 bits per heavy atom. The Hall–Kier alpha value is -0.770. The van der Waals surface area contributed by atoms with Crippen molar-refractivity contribution in [3.05, 3.63) is 28.8 Å². The molecule has 96 valence electrons. The van der Waals surface area contributed by atoms with E-state index in [0.717, 1.165) is 17.8 Å². The molecule has 1 aromatic carbocycles. The molecular formula is C13H21ClN2O. The van der Waals surface area contributed by atoms with E-state index in [1.807, 2.05) is 25.1 Å². The van der Waals surface area contributed by atoms with E-state index in [0.29, 0.717) is 18.1 Å². The molecule has 0 atom stereocenters. The summed E-state index contributed by atoms with van der Waals surface area (Å²) in [7, 11) is 0. The summed E-state index contributed by atoms with van der Waals surface area (Å²) < 4.78 is 0. The zero-order valence-corrected chi connectivity index (χ0v) is 11.5. The van der Waals surface area contributed by atoms with Gasteiger partial charge in [-0.3, -0.25) is 0 Å². The third-order valence-corrected chi connectivity index (χ3v) is 2.80. The van der Waals surface area contributed by atoms with Crippen LogP contribution in [0.3, 0.4) is 0 Å². The van der Waals surface area contributed by atoms with Gasteiger partial charge in [-0.1, -0.05) is 17.7 Å². The molecule has 1 aromatic rings. The van der Waals surface area contributed by atoms with Gasteiger partial charge >= 0.3 is 0 Å². The highest BCUT2D eigenvalue weighted by Gasteiger charge is 2.19. The van der Waals surface area contributed by atoms with Gasteiger partial charge in [-0.25, -0.2) is 0 Å². The molecule has 4 heteroatoms. The predicted molar refractivity (Wildman–Crippen MR) is 73.5 cm³/mol. The molecule has 3 nitrogen and oxygen atoms in total. The number of nitrogens with zero attached hydrogens (tertiary/aromatic N) is 1. The number of hydrogen-bond acceptors (Lipinski definition) is 3. The quantitative estimate of drug-likeness (QED) is 0.851. The highest BCUT2D eigenvalue weighted by Crippen LogP contribution is 2.26. The standard InChI is InChI=1S/C13H21ClN2O/c1-4-16(9-13(2,3)17)12-7-11(14)6-5-10(12)8-15/h5-7,17H,4,8-9,15H2,1-3H3. The molecule has 1 rings (SSSR count). The maximum absolute atomic E-state index is 9.91. The van der Waals surface area contributed by atoms with Crippen LogP contribution in [0.25, 0.3) is 0 Å². The first-order valence-electron chi connectivity index (χ1n) is 5.83. The lowest BCUT2D eigenvalue weighted by Crippen LogP contribution is -2.39. The molecule has 17 heavy (non-hydrogen) atoms. The molecule has 0 aliphatic rings. The number of likely N-dealkylation sites (N-methyl/N-ethyl adjacent to an activating group) is 1. The van der Waals surface area contributed by atoms with E-state index < -0.39 is 5.60 Å². The summed E-state index contributed by atoms with van der Waals surface area (Å²) in [4.78, 5) is 2.09. The summed E-state index contributed by atoms with van der Waals surface area (Å²) in [5.41, 5.74) is 7.03. The van der Waals surface area contributed by atoms with Crippen molar-refractivity contribution in [2.24, 2.45) is 5.73 Å². The smallest absolute Gasteiger partial charge is 0.0765 e. The van der Waals surface area contributed by atoms with Crippen LogP contribution in [0.1, 0.15) is 26.3 Å². The predicted octanol–water partition coefficient (Wildman–Crippen LogP) is 2.40. The molecule has 3 N–H and O–H groups in total.